The number of rotatable bonds is 3. The van der Waals surface area contributed by atoms with Gasteiger partial charge >= 0.3 is 0 Å². The third-order valence-electron chi connectivity index (χ3n) is 5.12. The van der Waals surface area contributed by atoms with Crippen molar-refractivity contribution in [3.05, 3.63) is 0 Å². The van der Waals surface area contributed by atoms with E-state index in [4.69, 9.17) is 4.74 Å². The fraction of sp³-hybridized carbons (Fsp3) is 1.00. The summed E-state index contributed by atoms with van der Waals surface area (Å²) in [7, 11) is -1.26. The van der Waals surface area contributed by atoms with Crippen LogP contribution in [0.1, 0.15) is 51.4 Å². The van der Waals surface area contributed by atoms with Crippen molar-refractivity contribution >= 4 is 9.84 Å². The Labute approximate surface area is 116 Å². The Morgan fingerprint density at radius 1 is 1.16 bits per heavy atom. The molecule has 2 atom stereocenters. The molecule has 0 spiro atoms. The highest BCUT2D eigenvalue weighted by molar-refractivity contribution is 7.91. The highest BCUT2D eigenvalue weighted by atomic mass is 32.2. The van der Waals surface area contributed by atoms with Crippen LogP contribution >= 0.6 is 0 Å². The van der Waals surface area contributed by atoms with E-state index in [1.807, 2.05) is 0 Å². The van der Waals surface area contributed by atoms with Gasteiger partial charge in [-0.1, -0.05) is 6.42 Å². The van der Waals surface area contributed by atoms with Gasteiger partial charge in [0.1, 0.15) is 9.84 Å². The molecule has 2 rings (SSSR count). The average molecular weight is 290 g/mol. The second-order valence-corrected chi connectivity index (χ2v) is 8.68. The Bertz CT molecular complexity index is 396. The van der Waals surface area contributed by atoms with Crippen LogP contribution in [0.15, 0.2) is 0 Å². The largest absolute Gasteiger partial charge is 0.390 e. The van der Waals surface area contributed by atoms with Crippen molar-refractivity contribution in [2.75, 3.05) is 13.4 Å². The van der Waals surface area contributed by atoms with Crippen LogP contribution in [0.4, 0.5) is 0 Å². The molecule has 0 saturated heterocycles. The summed E-state index contributed by atoms with van der Waals surface area (Å²) in [6, 6.07) is 0. The molecule has 0 heterocycles. The maximum atomic E-state index is 11.7. The fourth-order valence-corrected chi connectivity index (χ4v) is 4.93. The third kappa shape index (κ3) is 3.50. The van der Waals surface area contributed by atoms with Crippen LogP contribution < -0.4 is 0 Å². The Hall–Kier alpha value is -0.130. The topological polar surface area (TPSA) is 63.6 Å². The SMILES string of the molecule is COC1CCC(O)(C2CCCC(S(C)(=O)=O)C2)CC1. The van der Waals surface area contributed by atoms with Crippen molar-refractivity contribution in [2.45, 2.75) is 68.3 Å². The zero-order chi connectivity index (χ0) is 14.1. The maximum Gasteiger partial charge on any atom is 0.150 e. The van der Waals surface area contributed by atoms with Crippen molar-refractivity contribution in [3.63, 3.8) is 0 Å². The van der Waals surface area contributed by atoms with Gasteiger partial charge < -0.3 is 9.84 Å². The summed E-state index contributed by atoms with van der Waals surface area (Å²) in [4.78, 5) is 0. The third-order valence-corrected chi connectivity index (χ3v) is 6.76. The zero-order valence-corrected chi connectivity index (χ0v) is 12.8. The minimum atomic E-state index is -2.98. The average Bonchev–Trinajstić information content (AvgIpc) is 2.39. The van der Waals surface area contributed by atoms with Crippen LogP contribution in [0.25, 0.3) is 0 Å². The lowest BCUT2D eigenvalue weighted by atomic mass is 9.69. The number of methoxy groups -OCH3 is 1. The summed E-state index contributed by atoms with van der Waals surface area (Å²) >= 11 is 0. The van der Waals surface area contributed by atoms with E-state index in [-0.39, 0.29) is 17.3 Å². The van der Waals surface area contributed by atoms with E-state index in [0.717, 1.165) is 44.9 Å². The van der Waals surface area contributed by atoms with Crippen molar-refractivity contribution in [3.8, 4) is 0 Å². The molecule has 2 aliphatic carbocycles. The van der Waals surface area contributed by atoms with E-state index >= 15 is 0 Å². The van der Waals surface area contributed by atoms with Gasteiger partial charge in [0.2, 0.25) is 0 Å². The summed E-state index contributed by atoms with van der Waals surface area (Å²) in [5, 5.41) is 10.6. The first-order valence-corrected chi connectivity index (χ1v) is 9.24. The quantitative estimate of drug-likeness (QED) is 0.862. The normalized spacial score (nSPS) is 41.1. The number of sulfone groups is 1. The van der Waals surface area contributed by atoms with Gasteiger partial charge in [-0.3, -0.25) is 0 Å². The van der Waals surface area contributed by atoms with Crippen molar-refractivity contribution in [1.82, 2.24) is 0 Å². The summed E-state index contributed by atoms with van der Waals surface area (Å²) < 4.78 is 28.8. The molecule has 4 nitrogen and oxygen atoms in total. The molecule has 2 aliphatic rings. The van der Waals surface area contributed by atoms with Crippen LogP contribution in [-0.4, -0.2) is 43.8 Å². The standard InChI is InChI=1S/C14H26O4S/c1-18-12-6-8-14(15,9-7-12)11-4-3-5-13(10-11)19(2,16)17/h11-13,15H,3-10H2,1-2H3. The fourth-order valence-electron chi connectivity index (χ4n) is 3.76. The summed E-state index contributed by atoms with van der Waals surface area (Å²) in [6.45, 7) is 0. The molecule has 0 aromatic heterocycles. The predicted octanol–water partition coefficient (Wildman–Crippen LogP) is 1.91. The highest BCUT2D eigenvalue weighted by Gasteiger charge is 2.43. The van der Waals surface area contributed by atoms with Gasteiger partial charge in [0.15, 0.2) is 0 Å². The smallest absolute Gasteiger partial charge is 0.150 e. The second-order valence-electron chi connectivity index (χ2n) is 6.35. The minimum Gasteiger partial charge on any atom is -0.390 e. The summed E-state index contributed by atoms with van der Waals surface area (Å²) in [6.07, 6.45) is 8.10. The molecule has 2 fully saturated rings. The first-order chi connectivity index (χ1) is 8.85. The predicted molar refractivity (Wildman–Crippen MR) is 74.8 cm³/mol. The minimum absolute atomic E-state index is 0.138. The van der Waals surface area contributed by atoms with Crippen molar-refractivity contribution < 1.29 is 18.3 Å². The molecule has 0 bridgehead atoms. The van der Waals surface area contributed by atoms with Gasteiger partial charge in [0.25, 0.3) is 0 Å². The number of ether oxygens (including phenoxy) is 1. The molecule has 0 radical (unpaired) electrons. The van der Waals surface area contributed by atoms with Gasteiger partial charge in [-0.05, 0) is 50.9 Å². The van der Waals surface area contributed by atoms with Crippen molar-refractivity contribution in [1.29, 1.82) is 0 Å². The number of aliphatic hydroxyl groups is 1. The van der Waals surface area contributed by atoms with Crippen LogP contribution in [-0.2, 0) is 14.6 Å². The first kappa shape index (κ1) is 15.3. The van der Waals surface area contributed by atoms with Crippen molar-refractivity contribution in [2.24, 2.45) is 5.92 Å². The number of hydrogen-bond acceptors (Lipinski definition) is 4. The molecule has 1 N–H and O–H groups in total. The lowest BCUT2D eigenvalue weighted by Crippen LogP contribution is -2.46. The van der Waals surface area contributed by atoms with E-state index < -0.39 is 15.4 Å². The van der Waals surface area contributed by atoms with Gasteiger partial charge in [-0.25, -0.2) is 8.42 Å². The molecule has 0 aliphatic heterocycles. The highest BCUT2D eigenvalue weighted by Crippen LogP contribution is 2.43. The van der Waals surface area contributed by atoms with Gasteiger partial charge in [0.05, 0.1) is 17.0 Å². The molecule has 19 heavy (non-hydrogen) atoms. The molecule has 112 valence electrons. The van der Waals surface area contributed by atoms with E-state index in [0.29, 0.717) is 6.42 Å². The monoisotopic (exact) mass is 290 g/mol. The molecule has 0 aromatic rings. The molecule has 2 unspecified atom stereocenters. The van der Waals surface area contributed by atoms with Crippen LogP contribution in [0.5, 0.6) is 0 Å². The Morgan fingerprint density at radius 2 is 1.79 bits per heavy atom. The van der Waals surface area contributed by atoms with E-state index in [1.54, 1.807) is 7.11 Å². The van der Waals surface area contributed by atoms with E-state index in [2.05, 4.69) is 0 Å². The molecule has 0 amide bonds. The lowest BCUT2D eigenvalue weighted by molar-refractivity contribution is -0.0887. The maximum absolute atomic E-state index is 11.7. The number of hydrogen-bond donors (Lipinski definition) is 1. The lowest BCUT2D eigenvalue weighted by Gasteiger charge is -2.44. The molecule has 5 heteroatoms. The van der Waals surface area contributed by atoms with E-state index in [1.165, 1.54) is 6.26 Å². The Balaban J connectivity index is 2.01. The van der Waals surface area contributed by atoms with Gasteiger partial charge in [0, 0.05) is 13.4 Å². The van der Waals surface area contributed by atoms with Crippen LogP contribution in [0.3, 0.4) is 0 Å². The van der Waals surface area contributed by atoms with E-state index in [9.17, 15) is 13.5 Å². The van der Waals surface area contributed by atoms with Gasteiger partial charge in [-0.2, -0.15) is 0 Å². The molecular formula is C14H26O4S. The van der Waals surface area contributed by atoms with Crippen LogP contribution in [0, 0.1) is 5.92 Å². The summed E-state index contributed by atoms with van der Waals surface area (Å²) in [5.41, 5.74) is -0.668. The van der Waals surface area contributed by atoms with Crippen LogP contribution in [0.2, 0.25) is 0 Å². The molecular weight excluding hydrogens is 264 g/mol. The Morgan fingerprint density at radius 3 is 2.32 bits per heavy atom. The summed E-state index contributed by atoms with van der Waals surface area (Å²) in [5.74, 6) is 0.138. The Kier molecular flexibility index (Phi) is 4.58. The second kappa shape index (κ2) is 5.70. The molecule has 2 saturated carbocycles. The van der Waals surface area contributed by atoms with Gasteiger partial charge in [-0.15, -0.1) is 0 Å². The zero-order valence-electron chi connectivity index (χ0n) is 12.0. The molecule has 0 aromatic carbocycles. The first-order valence-electron chi connectivity index (χ1n) is 7.29.